The van der Waals surface area contributed by atoms with Gasteiger partial charge in [0.15, 0.2) is 6.61 Å². The summed E-state index contributed by atoms with van der Waals surface area (Å²) in [5.41, 5.74) is 4.43. The van der Waals surface area contributed by atoms with Crippen LogP contribution < -0.4 is 19.6 Å². The molecule has 4 aromatic rings. The summed E-state index contributed by atoms with van der Waals surface area (Å²) in [4.78, 5) is 24.9. The molecular weight excluding hydrogens is 444 g/mol. The number of amides is 1. The average Bonchev–Trinajstić information content (AvgIpc) is 2.88. The van der Waals surface area contributed by atoms with Crippen molar-refractivity contribution in [1.82, 2.24) is 5.43 Å². The summed E-state index contributed by atoms with van der Waals surface area (Å²) in [7, 11) is 1.58. The number of methoxy groups -OCH3 is 1. The molecule has 0 radical (unpaired) electrons. The molecule has 0 aliphatic rings. The minimum Gasteiger partial charge on any atom is -0.497 e. The highest BCUT2D eigenvalue weighted by Gasteiger charge is 2.14. The highest BCUT2D eigenvalue weighted by Crippen LogP contribution is 2.27. The van der Waals surface area contributed by atoms with Crippen LogP contribution in [0.4, 0.5) is 0 Å². The lowest BCUT2D eigenvalue weighted by Crippen LogP contribution is -2.24. The van der Waals surface area contributed by atoms with Gasteiger partial charge in [-0.1, -0.05) is 48.0 Å². The SMILES string of the molecule is COc1ccc(OCC(=O)N/N=C\c2c(OC(=O)c3cccc(C)c3)ccc3ccccc23)cc1. The number of nitrogens with zero attached hydrogens (tertiary/aromatic N) is 1. The second-order valence-corrected chi connectivity index (χ2v) is 7.71. The van der Waals surface area contributed by atoms with E-state index < -0.39 is 11.9 Å². The maximum absolute atomic E-state index is 12.7. The summed E-state index contributed by atoms with van der Waals surface area (Å²) in [5, 5.41) is 5.84. The fraction of sp³-hybridized carbons (Fsp3) is 0.107. The molecule has 4 aromatic carbocycles. The molecule has 0 aromatic heterocycles. The quantitative estimate of drug-likeness (QED) is 0.172. The number of fused-ring (bicyclic) bond motifs is 1. The molecule has 0 heterocycles. The van der Waals surface area contributed by atoms with Crippen LogP contribution in [0.2, 0.25) is 0 Å². The van der Waals surface area contributed by atoms with Gasteiger partial charge in [0.05, 0.1) is 18.9 Å². The molecule has 7 nitrogen and oxygen atoms in total. The molecule has 0 saturated heterocycles. The Bertz CT molecular complexity index is 1380. The fourth-order valence-corrected chi connectivity index (χ4v) is 3.45. The van der Waals surface area contributed by atoms with Crippen LogP contribution >= 0.6 is 0 Å². The third-order valence-corrected chi connectivity index (χ3v) is 5.20. The van der Waals surface area contributed by atoms with Crippen LogP contribution in [0.15, 0.2) is 90.0 Å². The van der Waals surface area contributed by atoms with Gasteiger partial charge in [-0.3, -0.25) is 4.79 Å². The Labute approximate surface area is 202 Å². The van der Waals surface area contributed by atoms with Crippen molar-refractivity contribution in [2.75, 3.05) is 13.7 Å². The largest absolute Gasteiger partial charge is 0.497 e. The summed E-state index contributed by atoms with van der Waals surface area (Å²) in [5.74, 6) is 0.651. The Morgan fingerprint density at radius 2 is 1.69 bits per heavy atom. The molecule has 0 spiro atoms. The summed E-state index contributed by atoms with van der Waals surface area (Å²) in [6, 6.07) is 25.3. The Kier molecular flexibility index (Phi) is 7.37. The van der Waals surface area contributed by atoms with E-state index in [9.17, 15) is 9.59 Å². The van der Waals surface area contributed by atoms with Gasteiger partial charge in [-0.15, -0.1) is 0 Å². The molecule has 0 atom stereocenters. The van der Waals surface area contributed by atoms with E-state index in [1.807, 2.05) is 43.3 Å². The van der Waals surface area contributed by atoms with Gasteiger partial charge in [0.25, 0.3) is 5.91 Å². The van der Waals surface area contributed by atoms with Gasteiger partial charge < -0.3 is 14.2 Å². The van der Waals surface area contributed by atoms with Gasteiger partial charge in [0.2, 0.25) is 0 Å². The maximum Gasteiger partial charge on any atom is 0.343 e. The number of carbonyl (C=O) groups excluding carboxylic acids is 2. The molecule has 0 aliphatic heterocycles. The van der Waals surface area contributed by atoms with Crippen molar-refractivity contribution < 1.29 is 23.8 Å². The Morgan fingerprint density at radius 1 is 0.914 bits per heavy atom. The number of ether oxygens (including phenoxy) is 3. The molecule has 176 valence electrons. The van der Waals surface area contributed by atoms with Crippen molar-refractivity contribution in [2.45, 2.75) is 6.92 Å². The summed E-state index contributed by atoms with van der Waals surface area (Å²) < 4.78 is 16.3. The summed E-state index contributed by atoms with van der Waals surface area (Å²) >= 11 is 0. The molecule has 0 unspecified atom stereocenters. The number of hydrogen-bond acceptors (Lipinski definition) is 6. The lowest BCUT2D eigenvalue weighted by molar-refractivity contribution is -0.123. The highest BCUT2D eigenvalue weighted by molar-refractivity contribution is 6.04. The topological polar surface area (TPSA) is 86.2 Å². The van der Waals surface area contributed by atoms with Crippen molar-refractivity contribution >= 4 is 28.9 Å². The molecule has 4 rings (SSSR count). The first kappa shape index (κ1) is 23.5. The highest BCUT2D eigenvalue weighted by atomic mass is 16.5. The van der Waals surface area contributed by atoms with Gasteiger partial charge in [-0.25, -0.2) is 10.2 Å². The van der Waals surface area contributed by atoms with Crippen molar-refractivity contribution in [3.8, 4) is 17.2 Å². The molecule has 0 fully saturated rings. The standard InChI is InChI=1S/C28H24N2O5/c1-19-6-5-8-21(16-19)28(32)35-26-15-10-20-7-3-4-9-24(20)25(26)17-29-30-27(31)18-34-23-13-11-22(33-2)12-14-23/h3-17H,18H2,1-2H3,(H,30,31)/b29-17-. The first-order chi connectivity index (χ1) is 17.0. The number of benzene rings is 4. The third kappa shape index (κ3) is 6.03. The Hall–Kier alpha value is -4.65. The van der Waals surface area contributed by atoms with Crippen LogP contribution in [-0.2, 0) is 4.79 Å². The van der Waals surface area contributed by atoms with Crippen molar-refractivity contribution in [2.24, 2.45) is 5.10 Å². The predicted molar refractivity (Wildman–Crippen MR) is 134 cm³/mol. The molecular formula is C28H24N2O5. The van der Waals surface area contributed by atoms with Gasteiger partial charge in [0.1, 0.15) is 17.2 Å². The summed E-state index contributed by atoms with van der Waals surface area (Å²) in [6.45, 7) is 1.69. The van der Waals surface area contributed by atoms with E-state index >= 15 is 0 Å². The minimum atomic E-state index is -0.476. The van der Waals surface area contributed by atoms with E-state index in [1.165, 1.54) is 6.21 Å². The lowest BCUT2D eigenvalue weighted by Gasteiger charge is -2.11. The normalized spacial score (nSPS) is 10.8. The van der Waals surface area contributed by atoms with Crippen molar-refractivity contribution in [1.29, 1.82) is 0 Å². The zero-order valence-electron chi connectivity index (χ0n) is 19.4. The number of esters is 1. The van der Waals surface area contributed by atoms with E-state index in [1.54, 1.807) is 55.6 Å². The van der Waals surface area contributed by atoms with E-state index in [2.05, 4.69) is 10.5 Å². The van der Waals surface area contributed by atoms with Gasteiger partial charge in [-0.05, 0) is 60.2 Å². The first-order valence-electron chi connectivity index (χ1n) is 10.9. The van der Waals surface area contributed by atoms with Gasteiger partial charge >= 0.3 is 5.97 Å². The van der Waals surface area contributed by atoms with E-state index in [0.29, 0.717) is 28.4 Å². The van der Waals surface area contributed by atoms with Crippen LogP contribution in [0.25, 0.3) is 10.8 Å². The monoisotopic (exact) mass is 468 g/mol. The van der Waals surface area contributed by atoms with Crippen LogP contribution in [0.5, 0.6) is 17.2 Å². The number of hydrazone groups is 1. The van der Waals surface area contributed by atoms with E-state index in [0.717, 1.165) is 16.3 Å². The Balaban J connectivity index is 1.48. The van der Waals surface area contributed by atoms with Crippen molar-refractivity contribution in [3.63, 3.8) is 0 Å². The molecule has 0 bridgehead atoms. The number of nitrogens with one attached hydrogen (secondary N) is 1. The van der Waals surface area contributed by atoms with Crippen LogP contribution in [0.1, 0.15) is 21.5 Å². The number of hydrogen-bond donors (Lipinski definition) is 1. The van der Waals surface area contributed by atoms with Crippen LogP contribution in [0, 0.1) is 6.92 Å². The van der Waals surface area contributed by atoms with Crippen LogP contribution in [0.3, 0.4) is 0 Å². The number of aryl methyl sites for hydroxylation is 1. The lowest BCUT2D eigenvalue weighted by atomic mass is 10.0. The third-order valence-electron chi connectivity index (χ3n) is 5.20. The minimum absolute atomic E-state index is 0.214. The van der Waals surface area contributed by atoms with Crippen molar-refractivity contribution in [3.05, 3.63) is 102 Å². The molecule has 35 heavy (non-hydrogen) atoms. The zero-order chi connectivity index (χ0) is 24.6. The predicted octanol–water partition coefficient (Wildman–Crippen LogP) is 4.91. The summed E-state index contributed by atoms with van der Waals surface area (Å²) in [6.07, 6.45) is 1.46. The second kappa shape index (κ2) is 11.0. The number of carbonyl (C=O) groups is 2. The van der Waals surface area contributed by atoms with E-state index in [-0.39, 0.29) is 6.61 Å². The smallest absolute Gasteiger partial charge is 0.343 e. The van der Waals surface area contributed by atoms with Gasteiger partial charge in [0, 0.05) is 5.56 Å². The first-order valence-corrected chi connectivity index (χ1v) is 10.9. The molecule has 1 amide bonds. The molecule has 0 aliphatic carbocycles. The Morgan fingerprint density at radius 3 is 2.46 bits per heavy atom. The molecule has 0 saturated carbocycles. The molecule has 1 N–H and O–H groups in total. The number of rotatable bonds is 8. The zero-order valence-corrected chi connectivity index (χ0v) is 19.4. The fourth-order valence-electron chi connectivity index (χ4n) is 3.45. The maximum atomic E-state index is 12.7. The van der Waals surface area contributed by atoms with Gasteiger partial charge in [-0.2, -0.15) is 5.10 Å². The van der Waals surface area contributed by atoms with E-state index in [4.69, 9.17) is 14.2 Å². The molecule has 7 heteroatoms. The van der Waals surface area contributed by atoms with Crippen LogP contribution in [-0.4, -0.2) is 31.8 Å². The average molecular weight is 469 g/mol. The second-order valence-electron chi connectivity index (χ2n) is 7.71.